The van der Waals surface area contributed by atoms with Crippen LogP contribution in [-0.2, 0) is 30.4 Å². The molecule has 9 nitrogen and oxygen atoms in total. The zero-order valence-corrected chi connectivity index (χ0v) is 17.6. The molecule has 0 fully saturated rings. The van der Waals surface area contributed by atoms with Gasteiger partial charge < -0.3 is 28.6 Å². The maximum Gasteiger partial charge on any atom is 0.355 e. The molecule has 29 heavy (non-hydrogen) atoms. The second kappa shape index (κ2) is 8.42. The van der Waals surface area contributed by atoms with E-state index in [-0.39, 0.29) is 17.8 Å². The van der Waals surface area contributed by atoms with Crippen molar-refractivity contribution >= 4 is 17.8 Å². The van der Waals surface area contributed by atoms with Crippen LogP contribution in [0.15, 0.2) is 23.4 Å². The van der Waals surface area contributed by atoms with Crippen LogP contribution in [0.4, 0.5) is 0 Å². The molecule has 1 heterocycles. The highest BCUT2D eigenvalue weighted by atomic mass is 16.5. The van der Waals surface area contributed by atoms with E-state index >= 15 is 0 Å². The molecule has 1 aromatic carbocycles. The number of amides is 1. The molecule has 2 rings (SSSR count). The Balaban J connectivity index is 2.61. The van der Waals surface area contributed by atoms with Gasteiger partial charge in [-0.15, -0.1) is 0 Å². The summed E-state index contributed by atoms with van der Waals surface area (Å²) in [6.07, 6.45) is 0. The molecule has 1 amide bonds. The quantitative estimate of drug-likeness (QED) is 0.630. The standard InChI is InChI=1S/C20H25NO8/c1-20(2)14(17(22)28-6)15(18(23)29-7)21(19(20)24)10-11-8-12(25-3)16(27-5)13(9-11)26-4/h8-9H,10H2,1-7H3. The lowest BCUT2D eigenvalue weighted by Gasteiger charge is -2.23. The summed E-state index contributed by atoms with van der Waals surface area (Å²) in [5.41, 5.74) is -0.874. The van der Waals surface area contributed by atoms with Crippen molar-refractivity contribution in [3.05, 3.63) is 29.0 Å². The van der Waals surface area contributed by atoms with Crippen LogP contribution >= 0.6 is 0 Å². The zero-order valence-electron chi connectivity index (χ0n) is 17.6. The fraction of sp³-hybridized carbons (Fsp3) is 0.450. The number of carbonyl (C=O) groups is 3. The minimum atomic E-state index is -1.27. The highest BCUT2D eigenvalue weighted by Gasteiger charge is 2.52. The van der Waals surface area contributed by atoms with E-state index in [2.05, 4.69) is 0 Å². The van der Waals surface area contributed by atoms with Gasteiger partial charge >= 0.3 is 11.9 Å². The normalized spacial score (nSPS) is 15.3. The number of hydrogen-bond acceptors (Lipinski definition) is 8. The first kappa shape index (κ1) is 22.1. The predicted molar refractivity (Wildman–Crippen MR) is 101 cm³/mol. The molecule has 0 saturated carbocycles. The van der Waals surface area contributed by atoms with Crippen molar-refractivity contribution in [1.82, 2.24) is 4.90 Å². The molecule has 0 spiro atoms. The smallest absolute Gasteiger partial charge is 0.355 e. The lowest BCUT2D eigenvalue weighted by atomic mass is 9.85. The molecule has 0 N–H and O–H groups in total. The minimum Gasteiger partial charge on any atom is -0.493 e. The van der Waals surface area contributed by atoms with E-state index in [9.17, 15) is 14.4 Å². The molecule has 158 valence electrons. The first-order valence-corrected chi connectivity index (χ1v) is 8.70. The number of hydrogen-bond donors (Lipinski definition) is 0. The summed E-state index contributed by atoms with van der Waals surface area (Å²) in [4.78, 5) is 39.2. The summed E-state index contributed by atoms with van der Waals surface area (Å²) in [6, 6.07) is 3.32. The van der Waals surface area contributed by atoms with Gasteiger partial charge in [-0.05, 0) is 31.5 Å². The van der Waals surface area contributed by atoms with Gasteiger partial charge in [0.05, 0.1) is 53.1 Å². The monoisotopic (exact) mass is 407 g/mol. The molecule has 0 aromatic heterocycles. The molecular formula is C20H25NO8. The summed E-state index contributed by atoms with van der Waals surface area (Å²) in [6.45, 7) is 3.09. The van der Waals surface area contributed by atoms with Crippen LogP contribution in [0.2, 0.25) is 0 Å². The minimum absolute atomic E-state index is 0.0239. The van der Waals surface area contributed by atoms with Crippen LogP contribution in [0.1, 0.15) is 19.4 Å². The van der Waals surface area contributed by atoms with Crippen LogP contribution in [0.3, 0.4) is 0 Å². The predicted octanol–water partition coefficient (Wildman–Crippen LogP) is 1.68. The van der Waals surface area contributed by atoms with Gasteiger partial charge in [0.15, 0.2) is 11.5 Å². The van der Waals surface area contributed by atoms with E-state index in [0.29, 0.717) is 22.8 Å². The van der Waals surface area contributed by atoms with E-state index in [4.69, 9.17) is 23.7 Å². The molecule has 0 atom stereocenters. The Bertz CT molecular complexity index is 846. The van der Waals surface area contributed by atoms with Crippen molar-refractivity contribution in [3.63, 3.8) is 0 Å². The van der Waals surface area contributed by atoms with Gasteiger partial charge in [0.25, 0.3) is 0 Å². The largest absolute Gasteiger partial charge is 0.493 e. The van der Waals surface area contributed by atoms with Crippen LogP contribution in [-0.4, -0.2) is 58.3 Å². The van der Waals surface area contributed by atoms with Gasteiger partial charge in [0, 0.05) is 0 Å². The summed E-state index contributed by atoms with van der Waals surface area (Å²) in [5, 5.41) is 0. The maximum absolute atomic E-state index is 13.1. The summed E-state index contributed by atoms with van der Waals surface area (Å²) in [5.74, 6) is -0.833. The van der Waals surface area contributed by atoms with Crippen LogP contribution in [0.25, 0.3) is 0 Å². The Morgan fingerprint density at radius 1 is 0.897 bits per heavy atom. The van der Waals surface area contributed by atoms with Crippen LogP contribution < -0.4 is 14.2 Å². The SMILES string of the molecule is COC(=O)C1=C(C(=O)OC)C(C)(C)C(=O)N1Cc1cc(OC)c(OC)c(OC)c1. The molecule has 0 radical (unpaired) electrons. The molecule has 0 aliphatic carbocycles. The number of methoxy groups -OCH3 is 5. The molecule has 0 saturated heterocycles. The third-order valence-corrected chi connectivity index (χ3v) is 4.75. The number of benzene rings is 1. The summed E-state index contributed by atoms with van der Waals surface area (Å²) >= 11 is 0. The fourth-order valence-corrected chi connectivity index (χ4v) is 3.30. The second-order valence-electron chi connectivity index (χ2n) is 6.76. The lowest BCUT2D eigenvalue weighted by Crippen LogP contribution is -2.35. The zero-order chi connectivity index (χ0) is 21.9. The Morgan fingerprint density at radius 2 is 1.41 bits per heavy atom. The highest BCUT2D eigenvalue weighted by molar-refractivity contribution is 6.12. The van der Waals surface area contributed by atoms with E-state index < -0.39 is 23.3 Å². The molecular weight excluding hydrogens is 382 g/mol. The van der Waals surface area contributed by atoms with Gasteiger partial charge in [-0.1, -0.05) is 0 Å². The number of carbonyl (C=O) groups excluding carboxylic acids is 3. The van der Waals surface area contributed by atoms with Crippen molar-refractivity contribution in [2.45, 2.75) is 20.4 Å². The van der Waals surface area contributed by atoms with Crippen molar-refractivity contribution in [2.24, 2.45) is 5.41 Å². The van der Waals surface area contributed by atoms with Crippen LogP contribution in [0.5, 0.6) is 17.2 Å². The Hall–Kier alpha value is -3.23. The van der Waals surface area contributed by atoms with Gasteiger partial charge in [0.2, 0.25) is 11.7 Å². The first-order chi connectivity index (χ1) is 13.7. The van der Waals surface area contributed by atoms with Gasteiger partial charge in [-0.25, -0.2) is 9.59 Å². The number of nitrogens with zero attached hydrogens (tertiary/aromatic N) is 1. The topological polar surface area (TPSA) is 101 Å². The molecule has 9 heteroatoms. The molecule has 1 aliphatic rings. The number of esters is 2. The van der Waals surface area contributed by atoms with Gasteiger partial charge in [-0.2, -0.15) is 0 Å². The third-order valence-electron chi connectivity index (χ3n) is 4.75. The lowest BCUT2D eigenvalue weighted by molar-refractivity contribution is -0.142. The summed E-state index contributed by atoms with van der Waals surface area (Å²) in [7, 11) is 6.79. The molecule has 0 bridgehead atoms. The maximum atomic E-state index is 13.1. The van der Waals surface area contributed by atoms with Crippen molar-refractivity contribution in [2.75, 3.05) is 35.5 Å². The highest BCUT2D eigenvalue weighted by Crippen LogP contribution is 2.43. The van der Waals surface area contributed by atoms with Crippen LogP contribution in [0, 0.1) is 5.41 Å². The van der Waals surface area contributed by atoms with Gasteiger partial charge in [-0.3, -0.25) is 4.79 Å². The van der Waals surface area contributed by atoms with E-state index in [1.165, 1.54) is 40.4 Å². The van der Waals surface area contributed by atoms with Crippen molar-refractivity contribution < 1.29 is 38.1 Å². The Kier molecular flexibility index (Phi) is 6.41. The second-order valence-corrected chi connectivity index (χ2v) is 6.76. The number of ether oxygens (including phenoxy) is 5. The first-order valence-electron chi connectivity index (χ1n) is 8.70. The third kappa shape index (κ3) is 3.72. The Labute approximate surface area is 169 Å². The van der Waals surface area contributed by atoms with Gasteiger partial charge in [0.1, 0.15) is 5.70 Å². The van der Waals surface area contributed by atoms with Crippen molar-refractivity contribution in [3.8, 4) is 17.2 Å². The van der Waals surface area contributed by atoms with E-state index in [1.807, 2.05) is 0 Å². The summed E-state index contributed by atoms with van der Waals surface area (Å²) < 4.78 is 25.6. The molecule has 1 aliphatic heterocycles. The number of rotatable bonds is 7. The average molecular weight is 407 g/mol. The van der Waals surface area contributed by atoms with E-state index in [1.54, 1.807) is 26.0 Å². The van der Waals surface area contributed by atoms with Crippen molar-refractivity contribution in [1.29, 1.82) is 0 Å². The van der Waals surface area contributed by atoms with E-state index in [0.717, 1.165) is 0 Å². The molecule has 1 aromatic rings. The average Bonchev–Trinajstić information content (AvgIpc) is 2.92. The molecule has 0 unspecified atom stereocenters. The Morgan fingerprint density at radius 3 is 1.83 bits per heavy atom. The fourth-order valence-electron chi connectivity index (χ4n) is 3.30.